The summed E-state index contributed by atoms with van der Waals surface area (Å²) in [4.78, 5) is 21.6. The largest absolute Gasteiger partial charge is 0.462 e. The van der Waals surface area contributed by atoms with Crippen molar-refractivity contribution in [2.24, 2.45) is 0 Å². The first-order chi connectivity index (χ1) is 6.61. The molecule has 0 rings (SSSR count). The second-order valence-electron chi connectivity index (χ2n) is 2.58. The molecule has 0 heterocycles. The van der Waals surface area contributed by atoms with Gasteiger partial charge in [-0.1, -0.05) is 12.7 Å². The number of aliphatic hydroxyl groups is 1. The highest BCUT2D eigenvalue weighted by Crippen LogP contribution is 1.96. The van der Waals surface area contributed by atoms with Crippen LogP contribution in [0.3, 0.4) is 0 Å². The first-order valence-electron chi connectivity index (χ1n) is 4.25. The van der Waals surface area contributed by atoms with Crippen molar-refractivity contribution in [3.05, 3.63) is 24.8 Å². The highest BCUT2D eigenvalue weighted by molar-refractivity contribution is 5.93. The zero-order valence-electron chi connectivity index (χ0n) is 8.10. The Kier molecular flexibility index (Phi) is 6.32. The van der Waals surface area contributed by atoms with Crippen LogP contribution in [0.4, 0.5) is 0 Å². The smallest absolute Gasteiger partial charge is 0.330 e. The van der Waals surface area contributed by atoms with E-state index in [4.69, 9.17) is 0 Å². The molecule has 0 aromatic rings. The minimum absolute atomic E-state index is 0.00924. The first-order valence-corrected chi connectivity index (χ1v) is 4.25. The molecular formula is C10H14O4. The fraction of sp³-hybridized carbons (Fsp3) is 0.400. The van der Waals surface area contributed by atoms with E-state index in [0.717, 1.165) is 6.08 Å². The van der Waals surface area contributed by atoms with Gasteiger partial charge in [0, 0.05) is 12.5 Å². The zero-order valence-corrected chi connectivity index (χ0v) is 8.10. The Labute approximate surface area is 82.9 Å². The number of esters is 1. The molecule has 78 valence electrons. The van der Waals surface area contributed by atoms with Gasteiger partial charge in [0.1, 0.15) is 6.10 Å². The zero-order chi connectivity index (χ0) is 11.0. The lowest BCUT2D eigenvalue weighted by Crippen LogP contribution is -2.20. The van der Waals surface area contributed by atoms with Gasteiger partial charge in [0.15, 0.2) is 5.78 Å². The molecule has 1 atom stereocenters. The predicted octanol–water partition coefficient (Wildman–Crippen LogP) is 0.612. The predicted molar refractivity (Wildman–Crippen MR) is 51.6 cm³/mol. The van der Waals surface area contributed by atoms with Crippen LogP contribution in [-0.4, -0.2) is 29.6 Å². The van der Waals surface area contributed by atoms with Gasteiger partial charge in [-0.15, -0.1) is 0 Å². The number of ether oxygens (including phenoxy) is 1. The molecule has 0 saturated heterocycles. The number of hydrogen-bond acceptors (Lipinski definition) is 4. The van der Waals surface area contributed by atoms with E-state index in [1.807, 2.05) is 0 Å². The topological polar surface area (TPSA) is 63.6 Å². The molecule has 1 N–H and O–H groups in total. The molecule has 0 radical (unpaired) electrons. The van der Waals surface area contributed by atoms with Gasteiger partial charge in [0.2, 0.25) is 0 Å². The standard InChI is InChI=1S/C10H14O4/c1-3-5-8(11)9(12)6-7-14-10(13)4-2/h3-5,9,12H,2,6-7H2,1H3. The normalized spacial score (nSPS) is 12.4. The Bertz CT molecular complexity index is 243. The second kappa shape index (κ2) is 7.03. The molecule has 0 saturated carbocycles. The van der Waals surface area contributed by atoms with Crippen molar-refractivity contribution in [1.82, 2.24) is 0 Å². The summed E-state index contributed by atoms with van der Waals surface area (Å²) in [6, 6.07) is 0. The van der Waals surface area contributed by atoms with E-state index in [1.54, 1.807) is 13.0 Å². The Morgan fingerprint density at radius 1 is 1.57 bits per heavy atom. The van der Waals surface area contributed by atoms with Gasteiger partial charge >= 0.3 is 5.97 Å². The number of allylic oxidation sites excluding steroid dienone is 1. The molecule has 0 bridgehead atoms. The van der Waals surface area contributed by atoms with Crippen molar-refractivity contribution in [2.45, 2.75) is 19.4 Å². The molecular weight excluding hydrogens is 184 g/mol. The summed E-state index contributed by atoms with van der Waals surface area (Å²) in [6.45, 7) is 4.90. The van der Waals surface area contributed by atoms with E-state index in [2.05, 4.69) is 11.3 Å². The number of hydrogen-bond donors (Lipinski definition) is 1. The Hall–Kier alpha value is -1.42. The molecule has 0 aliphatic heterocycles. The van der Waals surface area contributed by atoms with Gasteiger partial charge in [-0.25, -0.2) is 4.79 Å². The van der Waals surface area contributed by atoms with E-state index in [1.165, 1.54) is 6.08 Å². The van der Waals surface area contributed by atoms with Gasteiger partial charge in [-0.3, -0.25) is 4.79 Å². The molecule has 0 amide bonds. The maximum Gasteiger partial charge on any atom is 0.330 e. The van der Waals surface area contributed by atoms with Gasteiger partial charge in [-0.05, 0) is 13.0 Å². The number of carbonyl (C=O) groups is 2. The molecule has 0 spiro atoms. The van der Waals surface area contributed by atoms with Crippen LogP contribution in [0, 0.1) is 0 Å². The third-order valence-electron chi connectivity index (χ3n) is 1.46. The maximum atomic E-state index is 11.0. The average molecular weight is 198 g/mol. The van der Waals surface area contributed by atoms with Crippen LogP contribution in [0.15, 0.2) is 24.8 Å². The van der Waals surface area contributed by atoms with E-state index in [0.29, 0.717) is 0 Å². The van der Waals surface area contributed by atoms with Crippen molar-refractivity contribution in [3.8, 4) is 0 Å². The molecule has 0 fully saturated rings. The van der Waals surface area contributed by atoms with E-state index < -0.39 is 12.1 Å². The molecule has 0 aliphatic carbocycles. The minimum Gasteiger partial charge on any atom is -0.462 e. The molecule has 0 aliphatic rings. The Balaban J connectivity index is 3.73. The van der Waals surface area contributed by atoms with Crippen LogP contribution in [0.25, 0.3) is 0 Å². The second-order valence-corrected chi connectivity index (χ2v) is 2.58. The third kappa shape index (κ3) is 5.27. The summed E-state index contributed by atoms with van der Waals surface area (Å²) in [5.41, 5.74) is 0. The molecule has 0 aromatic carbocycles. The van der Waals surface area contributed by atoms with Gasteiger partial charge in [0.05, 0.1) is 6.61 Å². The van der Waals surface area contributed by atoms with Crippen LogP contribution in [0.1, 0.15) is 13.3 Å². The van der Waals surface area contributed by atoms with Crippen LogP contribution < -0.4 is 0 Å². The maximum absolute atomic E-state index is 11.0. The Morgan fingerprint density at radius 2 is 2.21 bits per heavy atom. The highest BCUT2D eigenvalue weighted by Gasteiger charge is 2.11. The minimum atomic E-state index is -1.11. The number of carbonyl (C=O) groups excluding carboxylic acids is 2. The molecule has 4 nitrogen and oxygen atoms in total. The first kappa shape index (κ1) is 12.6. The number of rotatable bonds is 6. The average Bonchev–Trinajstić information content (AvgIpc) is 2.17. The number of ketones is 1. The third-order valence-corrected chi connectivity index (χ3v) is 1.46. The molecule has 0 aromatic heterocycles. The highest BCUT2D eigenvalue weighted by atomic mass is 16.5. The van der Waals surface area contributed by atoms with Crippen LogP contribution in [0.5, 0.6) is 0 Å². The molecule has 4 heteroatoms. The SMILES string of the molecule is C=CC(=O)OCCC(O)C(=O)C=CC. The summed E-state index contributed by atoms with van der Waals surface area (Å²) in [5, 5.41) is 9.22. The van der Waals surface area contributed by atoms with Gasteiger partial charge in [-0.2, -0.15) is 0 Å². The fourth-order valence-corrected chi connectivity index (χ4v) is 0.748. The van der Waals surface area contributed by atoms with Gasteiger partial charge < -0.3 is 9.84 Å². The van der Waals surface area contributed by atoms with Crippen molar-refractivity contribution >= 4 is 11.8 Å². The fourth-order valence-electron chi connectivity index (χ4n) is 0.748. The Morgan fingerprint density at radius 3 is 2.71 bits per heavy atom. The van der Waals surface area contributed by atoms with Crippen LogP contribution >= 0.6 is 0 Å². The summed E-state index contributed by atoms with van der Waals surface area (Å²) < 4.78 is 4.60. The van der Waals surface area contributed by atoms with E-state index in [-0.39, 0.29) is 18.8 Å². The lowest BCUT2D eigenvalue weighted by Gasteiger charge is -2.06. The molecule has 14 heavy (non-hydrogen) atoms. The van der Waals surface area contributed by atoms with Crippen molar-refractivity contribution in [3.63, 3.8) is 0 Å². The summed E-state index contributed by atoms with van der Waals surface area (Å²) in [5.74, 6) is -0.946. The van der Waals surface area contributed by atoms with Gasteiger partial charge in [0.25, 0.3) is 0 Å². The lowest BCUT2D eigenvalue weighted by molar-refractivity contribution is -0.139. The van der Waals surface area contributed by atoms with Crippen LogP contribution in [0.2, 0.25) is 0 Å². The van der Waals surface area contributed by atoms with Crippen molar-refractivity contribution in [2.75, 3.05) is 6.61 Å². The van der Waals surface area contributed by atoms with Crippen LogP contribution in [-0.2, 0) is 14.3 Å². The monoisotopic (exact) mass is 198 g/mol. The van der Waals surface area contributed by atoms with Crippen molar-refractivity contribution < 1.29 is 19.4 Å². The quantitative estimate of drug-likeness (QED) is 0.501. The lowest BCUT2D eigenvalue weighted by atomic mass is 10.1. The summed E-state index contributed by atoms with van der Waals surface area (Å²) in [7, 11) is 0. The van der Waals surface area contributed by atoms with E-state index in [9.17, 15) is 14.7 Å². The van der Waals surface area contributed by atoms with E-state index >= 15 is 0 Å². The molecule has 1 unspecified atom stereocenters. The number of aliphatic hydroxyl groups excluding tert-OH is 1. The summed E-state index contributed by atoms with van der Waals surface area (Å²) >= 11 is 0. The summed E-state index contributed by atoms with van der Waals surface area (Å²) in [6.07, 6.45) is 2.84. The van der Waals surface area contributed by atoms with Crippen molar-refractivity contribution in [1.29, 1.82) is 0 Å².